The third-order valence-corrected chi connectivity index (χ3v) is 2.60. The Hall–Kier alpha value is -0.830. The lowest BCUT2D eigenvalue weighted by molar-refractivity contribution is 0.111. The molecule has 82 valence electrons. The molecule has 0 bridgehead atoms. The van der Waals surface area contributed by atoms with Crippen LogP contribution in [0.4, 0.5) is 0 Å². The second-order valence-corrected chi connectivity index (χ2v) is 4.27. The van der Waals surface area contributed by atoms with Gasteiger partial charge in [0.1, 0.15) is 5.75 Å². The van der Waals surface area contributed by atoms with Gasteiger partial charge in [0.2, 0.25) is 0 Å². The van der Waals surface area contributed by atoms with Gasteiger partial charge in [-0.15, -0.1) is 0 Å². The van der Waals surface area contributed by atoms with Crippen LogP contribution >= 0.6 is 15.9 Å². The van der Waals surface area contributed by atoms with Gasteiger partial charge in [-0.3, -0.25) is 4.79 Å². The first kappa shape index (κ1) is 12.2. The van der Waals surface area contributed by atoms with Gasteiger partial charge in [0, 0.05) is 4.47 Å². The Morgan fingerprint density at radius 1 is 1.40 bits per heavy atom. The molecule has 0 aromatic heterocycles. The first-order valence-electron chi connectivity index (χ1n) is 5.15. The van der Waals surface area contributed by atoms with Crippen LogP contribution in [0.5, 0.6) is 5.75 Å². The van der Waals surface area contributed by atoms with Crippen molar-refractivity contribution in [1.82, 2.24) is 0 Å². The van der Waals surface area contributed by atoms with Crippen LogP contribution in [0.1, 0.15) is 36.5 Å². The van der Waals surface area contributed by atoms with Crippen LogP contribution in [0, 0.1) is 0 Å². The molecule has 0 radical (unpaired) electrons. The van der Waals surface area contributed by atoms with Gasteiger partial charge >= 0.3 is 0 Å². The molecule has 0 spiro atoms. The highest BCUT2D eigenvalue weighted by molar-refractivity contribution is 9.10. The van der Waals surface area contributed by atoms with Gasteiger partial charge in [-0.05, 0) is 24.6 Å². The summed E-state index contributed by atoms with van der Waals surface area (Å²) in [6.45, 7) is 2.82. The highest BCUT2D eigenvalue weighted by Crippen LogP contribution is 2.22. The lowest BCUT2D eigenvalue weighted by atomic mass is 10.2. The summed E-state index contributed by atoms with van der Waals surface area (Å²) in [6.07, 6.45) is 4.18. The Morgan fingerprint density at radius 3 is 2.87 bits per heavy atom. The summed E-state index contributed by atoms with van der Waals surface area (Å²) in [4.78, 5) is 10.7. The lowest BCUT2D eigenvalue weighted by Gasteiger charge is -2.08. The highest BCUT2D eigenvalue weighted by atomic mass is 79.9. The average Bonchev–Trinajstić information content (AvgIpc) is 2.25. The number of unbranched alkanes of at least 4 members (excludes halogenated alkanes) is 2. The van der Waals surface area contributed by atoms with Gasteiger partial charge < -0.3 is 4.74 Å². The number of halogens is 1. The Balaban J connectivity index is 2.58. The van der Waals surface area contributed by atoms with Crippen LogP contribution in [0.2, 0.25) is 0 Å². The summed E-state index contributed by atoms with van der Waals surface area (Å²) in [6, 6.07) is 5.42. The van der Waals surface area contributed by atoms with Crippen LogP contribution in [-0.2, 0) is 0 Å². The molecule has 0 aliphatic heterocycles. The van der Waals surface area contributed by atoms with Gasteiger partial charge in [0.05, 0.1) is 12.2 Å². The van der Waals surface area contributed by atoms with Crippen molar-refractivity contribution in [1.29, 1.82) is 0 Å². The molecule has 0 saturated carbocycles. The number of rotatable bonds is 6. The van der Waals surface area contributed by atoms with E-state index in [0.717, 1.165) is 23.6 Å². The van der Waals surface area contributed by atoms with Gasteiger partial charge in [-0.25, -0.2) is 0 Å². The van der Waals surface area contributed by atoms with E-state index >= 15 is 0 Å². The zero-order valence-electron chi connectivity index (χ0n) is 8.83. The largest absolute Gasteiger partial charge is 0.493 e. The van der Waals surface area contributed by atoms with Gasteiger partial charge in [-0.1, -0.05) is 35.7 Å². The highest BCUT2D eigenvalue weighted by Gasteiger charge is 2.03. The summed E-state index contributed by atoms with van der Waals surface area (Å²) in [5, 5.41) is 0. The van der Waals surface area contributed by atoms with Crippen LogP contribution < -0.4 is 4.74 Å². The summed E-state index contributed by atoms with van der Waals surface area (Å²) < 4.78 is 6.48. The Labute approximate surface area is 98.8 Å². The van der Waals surface area contributed by atoms with Crippen molar-refractivity contribution in [3.05, 3.63) is 28.2 Å². The van der Waals surface area contributed by atoms with Crippen molar-refractivity contribution >= 4 is 22.2 Å². The average molecular weight is 271 g/mol. The summed E-state index contributed by atoms with van der Waals surface area (Å²) in [5.41, 5.74) is 0.606. The molecule has 3 heteroatoms. The molecular formula is C12H15BrO2. The van der Waals surface area contributed by atoms with Crippen molar-refractivity contribution in [3.8, 4) is 5.75 Å². The second-order valence-electron chi connectivity index (χ2n) is 3.36. The third-order valence-electron chi connectivity index (χ3n) is 2.11. The first-order chi connectivity index (χ1) is 7.27. The molecule has 1 rings (SSSR count). The Bertz CT molecular complexity index is 323. The molecule has 0 amide bonds. The molecule has 0 heterocycles. The molecule has 2 nitrogen and oxygen atoms in total. The molecule has 1 aromatic carbocycles. The van der Waals surface area contributed by atoms with Gasteiger partial charge in [-0.2, -0.15) is 0 Å². The van der Waals surface area contributed by atoms with Crippen LogP contribution in [-0.4, -0.2) is 12.9 Å². The molecule has 0 aliphatic carbocycles. The summed E-state index contributed by atoms with van der Waals surface area (Å²) >= 11 is 3.35. The molecule has 0 saturated heterocycles. The van der Waals surface area contributed by atoms with E-state index in [-0.39, 0.29) is 0 Å². The minimum atomic E-state index is 0.606. The standard InChI is InChI=1S/C12H15BrO2/c1-2-3-4-7-15-12-8-11(13)6-5-10(12)9-14/h5-6,8-9H,2-4,7H2,1H3. The van der Waals surface area contributed by atoms with E-state index in [9.17, 15) is 4.79 Å². The van der Waals surface area contributed by atoms with E-state index in [2.05, 4.69) is 22.9 Å². The molecule has 1 aromatic rings. The van der Waals surface area contributed by atoms with E-state index in [1.165, 1.54) is 6.42 Å². The fraction of sp³-hybridized carbons (Fsp3) is 0.417. The maximum absolute atomic E-state index is 10.7. The van der Waals surface area contributed by atoms with Gasteiger partial charge in [0.25, 0.3) is 0 Å². The number of hydrogen-bond donors (Lipinski definition) is 0. The first-order valence-corrected chi connectivity index (χ1v) is 5.94. The Kier molecular flexibility index (Phi) is 5.40. The van der Waals surface area contributed by atoms with Crippen molar-refractivity contribution in [2.24, 2.45) is 0 Å². The fourth-order valence-corrected chi connectivity index (χ4v) is 1.60. The predicted octanol–water partition coefficient (Wildman–Crippen LogP) is 3.83. The van der Waals surface area contributed by atoms with Crippen molar-refractivity contribution in [3.63, 3.8) is 0 Å². The molecular weight excluding hydrogens is 256 g/mol. The molecule has 0 N–H and O–H groups in total. The van der Waals surface area contributed by atoms with Crippen molar-refractivity contribution < 1.29 is 9.53 Å². The van der Waals surface area contributed by atoms with Crippen LogP contribution in [0.25, 0.3) is 0 Å². The maximum Gasteiger partial charge on any atom is 0.153 e. The summed E-state index contributed by atoms with van der Waals surface area (Å²) in [7, 11) is 0. The van der Waals surface area contributed by atoms with E-state index in [1.807, 2.05) is 12.1 Å². The number of ether oxygens (including phenoxy) is 1. The number of carbonyl (C=O) groups excluding carboxylic acids is 1. The monoisotopic (exact) mass is 270 g/mol. The number of hydrogen-bond acceptors (Lipinski definition) is 2. The van der Waals surface area contributed by atoms with Gasteiger partial charge in [0.15, 0.2) is 6.29 Å². The quantitative estimate of drug-likeness (QED) is 0.580. The number of carbonyl (C=O) groups is 1. The summed E-state index contributed by atoms with van der Waals surface area (Å²) in [5.74, 6) is 0.662. The molecule has 15 heavy (non-hydrogen) atoms. The van der Waals surface area contributed by atoms with E-state index in [1.54, 1.807) is 6.07 Å². The van der Waals surface area contributed by atoms with E-state index in [0.29, 0.717) is 17.9 Å². The SMILES string of the molecule is CCCCCOc1cc(Br)ccc1C=O. The van der Waals surface area contributed by atoms with E-state index < -0.39 is 0 Å². The van der Waals surface area contributed by atoms with Crippen molar-refractivity contribution in [2.75, 3.05) is 6.61 Å². The minimum Gasteiger partial charge on any atom is -0.493 e. The lowest BCUT2D eigenvalue weighted by Crippen LogP contribution is -1.99. The van der Waals surface area contributed by atoms with Crippen LogP contribution in [0.3, 0.4) is 0 Å². The smallest absolute Gasteiger partial charge is 0.153 e. The number of benzene rings is 1. The van der Waals surface area contributed by atoms with E-state index in [4.69, 9.17) is 4.74 Å². The topological polar surface area (TPSA) is 26.3 Å². The minimum absolute atomic E-state index is 0.606. The maximum atomic E-state index is 10.7. The molecule has 0 aliphatic rings. The normalized spacial score (nSPS) is 10.0. The van der Waals surface area contributed by atoms with Crippen molar-refractivity contribution in [2.45, 2.75) is 26.2 Å². The predicted molar refractivity (Wildman–Crippen MR) is 64.5 cm³/mol. The molecule has 0 fully saturated rings. The zero-order valence-corrected chi connectivity index (χ0v) is 10.4. The third kappa shape index (κ3) is 4.04. The number of aldehydes is 1. The zero-order chi connectivity index (χ0) is 11.1. The Morgan fingerprint density at radius 2 is 2.20 bits per heavy atom. The van der Waals surface area contributed by atoms with Crippen LogP contribution in [0.15, 0.2) is 22.7 Å². The molecule has 0 atom stereocenters. The second kappa shape index (κ2) is 6.62. The molecule has 0 unspecified atom stereocenters. The fourth-order valence-electron chi connectivity index (χ4n) is 1.26.